The summed E-state index contributed by atoms with van der Waals surface area (Å²) in [5, 5.41) is 18.5. The van der Waals surface area contributed by atoms with E-state index >= 15 is 0 Å². The maximum atomic E-state index is 9.23. The van der Waals surface area contributed by atoms with Gasteiger partial charge in [-0.15, -0.1) is 0 Å². The molecule has 3 atom stereocenters. The van der Waals surface area contributed by atoms with Gasteiger partial charge in [-0.2, -0.15) is 11.8 Å². The van der Waals surface area contributed by atoms with Crippen molar-refractivity contribution in [3.05, 3.63) is 0 Å². The molecule has 0 aromatic heterocycles. The molecule has 1 aliphatic carbocycles. The van der Waals surface area contributed by atoms with E-state index in [4.69, 9.17) is 10.8 Å². The van der Waals surface area contributed by atoms with Gasteiger partial charge in [0.15, 0.2) is 0 Å². The van der Waals surface area contributed by atoms with Crippen molar-refractivity contribution in [2.75, 3.05) is 13.2 Å². The first-order valence-corrected chi connectivity index (χ1v) is 6.26. The van der Waals surface area contributed by atoms with Crippen LogP contribution in [0.1, 0.15) is 26.2 Å². The van der Waals surface area contributed by atoms with Crippen LogP contribution in [-0.4, -0.2) is 40.0 Å². The van der Waals surface area contributed by atoms with Crippen LogP contribution in [0.5, 0.6) is 0 Å². The Hall–Kier alpha value is 0.230. The third-order valence-electron chi connectivity index (χ3n) is 2.72. The monoisotopic (exact) mass is 219 g/mol. The van der Waals surface area contributed by atoms with Gasteiger partial charge in [-0.05, 0) is 25.2 Å². The Morgan fingerprint density at radius 1 is 1.43 bits per heavy atom. The first-order valence-electron chi connectivity index (χ1n) is 5.31. The quantitative estimate of drug-likeness (QED) is 0.586. The van der Waals surface area contributed by atoms with Gasteiger partial charge < -0.3 is 15.9 Å². The van der Waals surface area contributed by atoms with Gasteiger partial charge in [0.2, 0.25) is 0 Å². The molecule has 4 N–H and O–H groups in total. The number of hydrogen-bond acceptors (Lipinski definition) is 4. The topological polar surface area (TPSA) is 66.5 Å². The SMILES string of the molecule is CC(CCO)SC(CO)C(N)C1CC1. The van der Waals surface area contributed by atoms with Crippen molar-refractivity contribution in [3.63, 3.8) is 0 Å². The van der Waals surface area contributed by atoms with E-state index in [0.29, 0.717) is 11.2 Å². The van der Waals surface area contributed by atoms with Crippen LogP contribution in [0.25, 0.3) is 0 Å². The Kier molecular flexibility index (Phi) is 5.23. The highest BCUT2D eigenvalue weighted by Gasteiger charge is 2.34. The average molecular weight is 219 g/mol. The lowest BCUT2D eigenvalue weighted by Gasteiger charge is -2.24. The lowest BCUT2D eigenvalue weighted by atomic mass is 10.1. The molecule has 0 amide bonds. The van der Waals surface area contributed by atoms with Crippen molar-refractivity contribution < 1.29 is 10.2 Å². The van der Waals surface area contributed by atoms with Crippen LogP contribution in [0.15, 0.2) is 0 Å². The van der Waals surface area contributed by atoms with Crippen molar-refractivity contribution in [3.8, 4) is 0 Å². The third kappa shape index (κ3) is 3.77. The van der Waals surface area contributed by atoms with Crippen molar-refractivity contribution in [2.24, 2.45) is 11.7 Å². The molecule has 0 bridgehead atoms. The van der Waals surface area contributed by atoms with E-state index in [9.17, 15) is 5.11 Å². The van der Waals surface area contributed by atoms with E-state index in [1.54, 1.807) is 11.8 Å². The van der Waals surface area contributed by atoms with Gasteiger partial charge in [-0.3, -0.25) is 0 Å². The van der Waals surface area contributed by atoms with Crippen LogP contribution in [-0.2, 0) is 0 Å². The summed E-state index contributed by atoms with van der Waals surface area (Å²) in [5.41, 5.74) is 6.03. The minimum Gasteiger partial charge on any atom is -0.396 e. The second-order valence-electron chi connectivity index (χ2n) is 4.09. The van der Waals surface area contributed by atoms with Gasteiger partial charge in [0.05, 0.1) is 6.61 Å². The van der Waals surface area contributed by atoms with Crippen molar-refractivity contribution >= 4 is 11.8 Å². The molecule has 3 nitrogen and oxygen atoms in total. The molecule has 0 aromatic rings. The average Bonchev–Trinajstić information content (AvgIpc) is 2.96. The smallest absolute Gasteiger partial charge is 0.0565 e. The molecular formula is C10H21NO2S. The van der Waals surface area contributed by atoms with Crippen LogP contribution >= 0.6 is 11.8 Å². The first kappa shape index (κ1) is 12.3. The Bertz CT molecular complexity index is 164. The molecule has 1 rings (SSSR count). The maximum absolute atomic E-state index is 9.23. The normalized spacial score (nSPS) is 23.1. The zero-order valence-electron chi connectivity index (χ0n) is 8.72. The highest BCUT2D eigenvalue weighted by Crippen LogP contribution is 2.36. The molecule has 4 heteroatoms. The molecule has 0 spiro atoms. The summed E-state index contributed by atoms with van der Waals surface area (Å²) >= 11 is 1.71. The Labute approximate surface area is 90.1 Å². The molecule has 1 saturated carbocycles. The molecule has 0 saturated heterocycles. The van der Waals surface area contributed by atoms with Gasteiger partial charge in [0.1, 0.15) is 0 Å². The second-order valence-corrected chi connectivity index (χ2v) is 5.78. The number of hydrogen-bond donors (Lipinski definition) is 3. The third-order valence-corrected chi connectivity index (χ3v) is 4.23. The van der Waals surface area contributed by atoms with E-state index in [0.717, 1.165) is 6.42 Å². The number of aliphatic hydroxyl groups is 2. The largest absolute Gasteiger partial charge is 0.396 e. The minimum atomic E-state index is 0.131. The van der Waals surface area contributed by atoms with Gasteiger partial charge >= 0.3 is 0 Å². The van der Waals surface area contributed by atoms with Crippen LogP contribution in [0.3, 0.4) is 0 Å². The van der Waals surface area contributed by atoms with Crippen LogP contribution < -0.4 is 5.73 Å². The first-order chi connectivity index (χ1) is 6.69. The summed E-state index contributed by atoms with van der Waals surface area (Å²) in [6.07, 6.45) is 3.21. The summed E-state index contributed by atoms with van der Waals surface area (Å²) in [4.78, 5) is 0. The Morgan fingerprint density at radius 2 is 2.07 bits per heavy atom. The predicted molar refractivity (Wildman–Crippen MR) is 60.3 cm³/mol. The van der Waals surface area contributed by atoms with Gasteiger partial charge in [-0.25, -0.2) is 0 Å². The summed E-state index contributed by atoms with van der Waals surface area (Å²) in [7, 11) is 0. The number of aliphatic hydroxyl groups excluding tert-OH is 2. The number of thioether (sulfide) groups is 1. The zero-order valence-corrected chi connectivity index (χ0v) is 9.54. The summed E-state index contributed by atoms with van der Waals surface area (Å²) in [6, 6.07) is 0.131. The zero-order chi connectivity index (χ0) is 10.6. The van der Waals surface area contributed by atoms with Crippen molar-refractivity contribution in [2.45, 2.75) is 42.7 Å². The fourth-order valence-corrected chi connectivity index (χ4v) is 2.92. The summed E-state index contributed by atoms with van der Waals surface area (Å²) in [5.74, 6) is 0.626. The highest BCUT2D eigenvalue weighted by molar-refractivity contribution is 8.00. The van der Waals surface area contributed by atoms with Crippen LogP contribution in [0.2, 0.25) is 0 Å². The van der Waals surface area contributed by atoms with E-state index in [1.807, 2.05) is 0 Å². The van der Waals surface area contributed by atoms with E-state index < -0.39 is 0 Å². The standard InChI is InChI=1S/C10H21NO2S/c1-7(4-5-12)14-9(6-13)10(11)8-2-3-8/h7-10,12-13H,2-6,11H2,1H3. The fraction of sp³-hybridized carbons (Fsp3) is 1.00. The van der Waals surface area contributed by atoms with Crippen molar-refractivity contribution in [1.29, 1.82) is 0 Å². The summed E-state index contributed by atoms with van der Waals surface area (Å²) in [6.45, 7) is 2.44. The molecule has 14 heavy (non-hydrogen) atoms. The van der Waals surface area contributed by atoms with E-state index in [1.165, 1.54) is 12.8 Å². The van der Waals surface area contributed by atoms with Gasteiger partial charge in [0, 0.05) is 23.1 Å². The molecule has 1 fully saturated rings. The summed E-state index contributed by atoms with van der Waals surface area (Å²) < 4.78 is 0. The van der Waals surface area contributed by atoms with Crippen LogP contribution in [0.4, 0.5) is 0 Å². The second kappa shape index (κ2) is 5.95. The van der Waals surface area contributed by atoms with E-state index in [-0.39, 0.29) is 24.5 Å². The minimum absolute atomic E-state index is 0.131. The molecule has 3 unspecified atom stereocenters. The van der Waals surface area contributed by atoms with Gasteiger partial charge in [-0.1, -0.05) is 6.92 Å². The molecule has 0 aromatic carbocycles. The lowest BCUT2D eigenvalue weighted by molar-refractivity contribution is 0.274. The van der Waals surface area contributed by atoms with Crippen molar-refractivity contribution in [1.82, 2.24) is 0 Å². The molecule has 0 heterocycles. The van der Waals surface area contributed by atoms with Crippen LogP contribution in [0, 0.1) is 5.92 Å². The Balaban J connectivity index is 2.29. The molecular weight excluding hydrogens is 198 g/mol. The maximum Gasteiger partial charge on any atom is 0.0565 e. The fourth-order valence-electron chi connectivity index (χ4n) is 1.59. The highest BCUT2D eigenvalue weighted by atomic mass is 32.2. The lowest BCUT2D eigenvalue weighted by Crippen LogP contribution is -2.38. The van der Waals surface area contributed by atoms with E-state index in [2.05, 4.69) is 6.92 Å². The Morgan fingerprint density at radius 3 is 2.50 bits per heavy atom. The molecule has 0 aliphatic heterocycles. The number of nitrogens with two attached hydrogens (primary N) is 1. The number of rotatable bonds is 7. The molecule has 0 radical (unpaired) electrons. The van der Waals surface area contributed by atoms with Gasteiger partial charge in [0.25, 0.3) is 0 Å². The molecule has 84 valence electrons. The molecule has 1 aliphatic rings. The predicted octanol–water partition coefficient (Wildman–Crippen LogP) is 0.589.